The molecule has 1 fully saturated rings. The van der Waals surface area contributed by atoms with Gasteiger partial charge in [0.15, 0.2) is 0 Å². The largest absolute Gasteiger partial charge is 0.488 e. The molecule has 0 saturated carbocycles. The molecule has 0 atom stereocenters. The smallest absolute Gasteiger partial charge is 0.266 e. The number of nitrogens with zero attached hydrogens (tertiary/aromatic N) is 1. The first-order valence-corrected chi connectivity index (χ1v) is 10.2. The number of hydrogen-bond acceptors (Lipinski definition) is 4. The van der Waals surface area contributed by atoms with Crippen molar-refractivity contribution in [3.8, 4) is 5.75 Å². The van der Waals surface area contributed by atoms with Crippen LogP contribution in [0.2, 0.25) is 0 Å². The zero-order chi connectivity index (χ0) is 18.7. The van der Waals surface area contributed by atoms with Crippen LogP contribution in [0.5, 0.6) is 5.75 Å². The summed E-state index contributed by atoms with van der Waals surface area (Å²) in [6, 6.07) is 14.0. The van der Waals surface area contributed by atoms with Crippen molar-refractivity contribution < 1.29 is 9.53 Å². The summed E-state index contributed by atoms with van der Waals surface area (Å²) in [6.45, 7) is 5.03. The maximum absolute atomic E-state index is 12.5. The third-order valence-electron chi connectivity index (χ3n) is 3.96. The van der Waals surface area contributed by atoms with Gasteiger partial charge in [-0.3, -0.25) is 9.69 Å². The van der Waals surface area contributed by atoms with E-state index in [2.05, 4.69) is 47.1 Å². The first-order chi connectivity index (χ1) is 12.5. The highest BCUT2D eigenvalue weighted by Crippen LogP contribution is 2.35. The minimum atomic E-state index is -0.0491. The maximum atomic E-state index is 12.5. The summed E-state index contributed by atoms with van der Waals surface area (Å²) in [5, 5.41) is 0. The molecule has 2 aromatic carbocycles. The van der Waals surface area contributed by atoms with Crippen LogP contribution < -0.4 is 4.74 Å². The Kier molecular flexibility index (Phi) is 6.16. The van der Waals surface area contributed by atoms with Crippen molar-refractivity contribution in [2.24, 2.45) is 0 Å². The van der Waals surface area contributed by atoms with E-state index in [9.17, 15) is 4.79 Å². The Bertz CT molecular complexity index is 878. The second-order valence-corrected chi connectivity index (χ2v) is 8.47. The van der Waals surface area contributed by atoms with Gasteiger partial charge in [0, 0.05) is 16.6 Å². The van der Waals surface area contributed by atoms with Crippen molar-refractivity contribution in [3.05, 3.63) is 68.5 Å². The molecule has 0 aromatic heterocycles. The number of carbonyl (C=O) groups excluding carboxylic acids is 1. The van der Waals surface area contributed by atoms with Crippen LogP contribution in [0.25, 0.3) is 6.08 Å². The van der Waals surface area contributed by atoms with Crippen LogP contribution in [-0.2, 0) is 11.4 Å². The van der Waals surface area contributed by atoms with E-state index < -0.39 is 0 Å². The van der Waals surface area contributed by atoms with Gasteiger partial charge < -0.3 is 4.74 Å². The van der Waals surface area contributed by atoms with Gasteiger partial charge in [0.25, 0.3) is 5.91 Å². The SMILES string of the molecule is CCN1C(=O)C(=Cc2cc(Br)ccc2OCc2ccc(C)cc2)SC1=S. The predicted molar refractivity (Wildman–Crippen MR) is 115 cm³/mol. The standard InChI is InChI=1S/C20H18BrNO2S2/c1-3-22-19(23)18(26-20(22)25)11-15-10-16(21)8-9-17(15)24-12-14-6-4-13(2)5-7-14/h4-11H,3,12H2,1-2H3. The second-order valence-electron chi connectivity index (χ2n) is 5.88. The molecule has 1 saturated heterocycles. The monoisotopic (exact) mass is 447 g/mol. The van der Waals surface area contributed by atoms with E-state index in [0.717, 1.165) is 21.3 Å². The van der Waals surface area contributed by atoms with E-state index in [4.69, 9.17) is 17.0 Å². The van der Waals surface area contributed by atoms with Crippen molar-refractivity contribution in [2.75, 3.05) is 6.54 Å². The molecule has 2 aromatic rings. The molecule has 0 radical (unpaired) electrons. The summed E-state index contributed by atoms with van der Waals surface area (Å²) < 4.78 is 7.54. The third kappa shape index (κ3) is 4.37. The highest BCUT2D eigenvalue weighted by molar-refractivity contribution is 9.10. The number of hydrogen-bond donors (Lipinski definition) is 0. The minimum Gasteiger partial charge on any atom is -0.488 e. The van der Waals surface area contributed by atoms with E-state index >= 15 is 0 Å². The molecule has 6 heteroatoms. The van der Waals surface area contributed by atoms with E-state index in [1.807, 2.05) is 31.2 Å². The first kappa shape index (κ1) is 19.1. The summed E-state index contributed by atoms with van der Waals surface area (Å²) in [6.07, 6.45) is 1.85. The van der Waals surface area contributed by atoms with Crippen molar-refractivity contribution in [1.29, 1.82) is 0 Å². The van der Waals surface area contributed by atoms with Crippen molar-refractivity contribution >= 4 is 56.2 Å². The van der Waals surface area contributed by atoms with E-state index in [0.29, 0.717) is 22.4 Å². The minimum absolute atomic E-state index is 0.0491. The van der Waals surface area contributed by atoms with Crippen LogP contribution >= 0.6 is 39.9 Å². The Labute approximate surface area is 171 Å². The van der Waals surface area contributed by atoms with E-state index in [1.54, 1.807) is 4.90 Å². The molecule has 0 bridgehead atoms. The molecule has 1 aliphatic rings. The summed E-state index contributed by atoms with van der Waals surface area (Å²) in [5.74, 6) is 0.683. The van der Waals surface area contributed by atoms with Gasteiger partial charge in [-0.05, 0) is 43.7 Å². The molecule has 3 nitrogen and oxygen atoms in total. The molecule has 0 N–H and O–H groups in total. The number of ether oxygens (including phenoxy) is 1. The zero-order valence-corrected chi connectivity index (χ0v) is 17.7. The van der Waals surface area contributed by atoms with E-state index in [1.165, 1.54) is 17.3 Å². The van der Waals surface area contributed by atoms with Crippen LogP contribution in [0.3, 0.4) is 0 Å². The molecule has 3 rings (SSSR count). The lowest BCUT2D eigenvalue weighted by molar-refractivity contribution is -0.121. The van der Waals surface area contributed by atoms with Crippen molar-refractivity contribution in [1.82, 2.24) is 4.90 Å². The van der Waals surface area contributed by atoms with Crippen LogP contribution in [0.4, 0.5) is 0 Å². The molecule has 26 heavy (non-hydrogen) atoms. The molecule has 1 amide bonds. The first-order valence-electron chi connectivity index (χ1n) is 8.21. The molecule has 134 valence electrons. The lowest BCUT2D eigenvalue weighted by atomic mass is 10.1. The van der Waals surface area contributed by atoms with Gasteiger partial charge in [0.1, 0.15) is 16.7 Å². The van der Waals surface area contributed by atoms with Gasteiger partial charge in [0.05, 0.1) is 4.91 Å². The van der Waals surface area contributed by atoms with Gasteiger partial charge in [0.2, 0.25) is 0 Å². The Morgan fingerprint density at radius 2 is 1.96 bits per heavy atom. The molecular weight excluding hydrogens is 430 g/mol. The molecule has 1 aliphatic heterocycles. The highest BCUT2D eigenvalue weighted by Gasteiger charge is 2.30. The second kappa shape index (κ2) is 8.37. The van der Waals surface area contributed by atoms with Gasteiger partial charge >= 0.3 is 0 Å². The van der Waals surface area contributed by atoms with Crippen LogP contribution in [0.15, 0.2) is 51.8 Å². The molecule has 1 heterocycles. The maximum Gasteiger partial charge on any atom is 0.266 e. The number of amides is 1. The number of rotatable bonds is 5. The molecular formula is C20H18BrNO2S2. The van der Waals surface area contributed by atoms with Gasteiger partial charge in [-0.1, -0.05) is 69.7 Å². The van der Waals surface area contributed by atoms with Gasteiger partial charge in [-0.15, -0.1) is 0 Å². The average Bonchev–Trinajstić information content (AvgIpc) is 2.88. The quantitative estimate of drug-likeness (QED) is 0.443. The van der Waals surface area contributed by atoms with Crippen LogP contribution in [0.1, 0.15) is 23.6 Å². The van der Waals surface area contributed by atoms with Crippen molar-refractivity contribution in [2.45, 2.75) is 20.5 Å². The number of carbonyl (C=O) groups is 1. The summed E-state index contributed by atoms with van der Waals surface area (Å²) in [5.41, 5.74) is 3.17. The van der Waals surface area contributed by atoms with Crippen molar-refractivity contribution in [3.63, 3.8) is 0 Å². The van der Waals surface area contributed by atoms with Crippen LogP contribution in [0, 0.1) is 6.92 Å². The zero-order valence-electron chi connectivity index (χ0n) is 14.5. The normalized spacial score (nSPS) is 15.8. The number of aryl methyl sites for hydroxylation is 1. The fourth-order valence-corrected chi connectivity index (χ4v) is 4.28. The van der Waals surface area contributed by atoms with Crippen LogP contribution in [-0.4, -0.2) is 21.7 Å². The fraction of sp³-hybridized carbons (Fsp3) is 0.200. The summed E-state index contributed by atoms with van der Waals surface area (Å²) >= 11 is 10.1. The number of benzene rings is 2. The highest BCUT2D eigenvalue weighted by atomic mass is 79.9. The topological polar surface area (TPSA) is 29.5 Å². The Morgan fingerprint density at radius 3 is 2.62 bits per heavy atom. The third-order valence-corrected chi connectivity index (χ3v) is 5.83. The van der Waals surface area contributed by atoms with Gasteiger partial charge in [-0.2, -0.15) is 0 Å². The molecule has 0 unspecified atom stereocenters. The fourth-order valence-electron chi connectivity index (χ4n) is 2.52. The van der Waals surface area contributed by atoms with E-state index in [-0.39, 0.29) is 5.91 Å². The number of halogens is 1. The summed E-state index contributed by atoms with van der Waals surface area (Å²) in [4.78, 5) is 14.7. The lowest BCUT2D eigenvalue weighted by Crippen LogP contribution is -2.27. The Hall–Kier alpha value is -1.63. The molecule has 0 spiro atoms. The summed E-state index contributed by atoms with van der Waals surface area (Å²) in [7, 11) is 0. The number of thioether (sulfide) groups is 1. The molecule has 0 aliphatic carbocycles. The number of thiocarbonyl (C=S) groups is 1. The van der Waals surface area contributed by atoms with Gasteiger partial charge in [-0.25, -0.2) is 0 Å². The Balaban J connectivity index is 1.84. The average molecular weight is 448 g/mol. The number of likely N-dealkylation sites (N-methyl/N-ethyl adjacent to an activating group) is 1. The predicted octanol–water partition coefficient (Wildman–Crippen LogP) is 5.56. The Morgan fingerprint density at radius 1 is 1.23 bits per heavy atom. The lowest BCUT2D eigenvalue weighted by Gasteiger charge is -2.11.